The second-order valence-corrected chi connectivity index (χ2v) is 11.5. The van der Waals surface area contributed by atoms with Gasteiger partial charge in [-0.2, -0.15) is 0 Å². The molecule has 258 valence electrons. The largest absolute Gasteiger partial charge is 0.445 e. The minimum absolute atomic E-state index is 0.0231. The summed E-state index contributed by atoms with van der Waals surface area (Å²) >= 11 is 0. The Balaban J connectivity index is 1.93. The van der Waals surface area contributed by atoms with Crippen LogP contribution in [0.5, 0.6) is 0 Å². The molecular weight excluding hydrogens is 610 g/mol. The lowest BCUT2D eigenvalue weighted by Crippen LogP contribution is -2.45. The first-order chi connectivity index (χ1) is 22.4. The average molecular weight is 658 g/mol. The van der Waals surface area contributed by atoms with E-state index in [1.165, 1.54) is 12.2 Å². The van der Waals surface area contributed by atoms with E-state index in [0.29, 0.717) is 50.0 Å². The van der Waals surface area contributed by atoms with Crippen LogP contribution in [0.15, 0.2) is 36.4 Å². The number of Topliss-reactive ketones (excluding diaryl/α,β-unsaturated/α-hetero) is 1. The maximum Gasteiger partial charge on any atom is 0.407 e. The van der Waals surface area contributed by atoms with Crippen molar-refractivity contribution in [3.05, 3.63) is 42.0 Å². The third-order valence-electron chi connectivity index (χ3n) is 7.37. The lowest BCUT2D eigenvalue weighted by atomic mass is 9.89. The van der Waals surface area contributed by atoms with E-state index in [2.05, 4.69) is 21.3 Å². The van der Waals surface area contributed by atoms with Gasteiger partial charge in [0, 0.05) is 62.8 Å². The van der Waals surface area contributed by atoms with Crippen LogP contribution in [0.25, 0.3) is 0 Å². The van der Waals surface area contributed by atoms with Crippen LogP contribution < -0.4 is 32.7 Å². The van der Waals surface area contributed by atoms with Gasteiger partial charge in [0.05, 0.1) is 6.04 Å². The standard InChI is InChI=1S/C32H47N7O8/c1-21(2)29(38-26(41)8-4-3-5-18-39-27(42)13-14-28(39)43)25(40)19-23(7-6-16-35-31(34)45)30(44)37-24-11-9-22(10-12-24)20-47-32(46)36-17-15-33/h9-14,21,23,29H,3-8,15-20,33H2,1-2H3,(H,36,46)(H,37,44)(H,38,41)(H3,34,35,45)/t23-,29+/m1/s1. The first kappa shape index (κ1) is 38.4. The number of hydrogen-bond acceptors (Lipinski definition) is 9. The van der Waals surface area contributed by atoms with Crippen LogP contribution in [0.1, 0.15) is 64.4 Å². The van der Waals surface area contributed by atoms with Crippen molar-refractivity contribution in [2.75, 3.05) is 31.5 Å². The number of benzene rings is 1. The highest BCUT2D eigenvalue weighted by atomic mass is 16.5. The molecule has 0 saturated heterocycles. The molecule has 0 spiro atoms. The maximum absolute atomic E-state index is 13.4. The van der Waals surface area contributed by atoms with E-state index in [1.807, 2.05) is 0 Å². The highest BCUT2D eigenvalue weighted by Gasteiger charge is 2.29. The predicted octanol–water partition coefficient (Wildman–Crippen LogP) is 1.46. The van der Waals surface area contributed by atoms with Crippen molar-refractivity contribution < 1.29 is 38.3 Å². The van der Waals surface area contributed by atoms with Crippen LogP contribution in [0.4, 0.5) is 15.3 Å². The summed E-state index contributed by atoms with van der Waals surface area (Å²) in [5.41, 5.74) is 11.7. The molecule has 7 amide bonds. The molecule has 8 N–H and O–H groups in total. The molecule has 47 heavy (non-hydrogen) atoms. The van der Waals surface area contributed by atoms with E-state index >= 15 is 0 Å². The summed E-state index contributed by atoms with van der Waals surface area (Å²) in [5.74, 6) is -2.68. The van der Waals surface area contributed by atoms with Crippen molar-refractivity contribution in [2.45, 2.75) is 71.4 Å². The second kappa shape index (κ2) is 20.4. The number of nitrogens with two attached hydrogens (primary N) is 2. The number of primary amides is 1. The number of nitrogens with zero attached hydrogens (tertiary/aromatic N) is 1. The SMILES string of the molecule is CC(C)[C@H](NC(=O)CCCCCN1C(=O)C=CC1=O)C(=O)C[C@@H](CCCNC(N)=O)C(=O)Nc1ccc(COC(=O)NCCN)cc1. The molecule has 0 unspecified atom stereocenters. The molecule has 15 heteroatoms. The topological polar surface area (TPSA) is 232 Å². The Labute approximate surface area is 274 Å². The van der Waals surface area contributed by atoms with Gasteiger partial charge in [-0.3, -0.25) is 28.9 Å². The summed E-state index contributed by atoms with van der Waals surface area (Å²) in [6.07, 6.45) is 4.25. The number of imide groups is 1. The smallest absolute Gasteiger partial charge is 0.407 e. The second-order valence-electron chi connectivity index (χ2n) is 11.5. The molecule has 0 aliphatic carbocycles. The number of urea groups is 1. The van der Waals surface area contributed by atoms with Crippen molar-refractivity contribution in [2.24, 2.45) is 23.3 Å². The van der Waals surface area contributed by atoms with Crippen molar-refractivity contribution in [1.29, 1.82) is 0 Å². The summed E-state index contributed by atoms with van der Waals surface area (Å²) in [7, 11) is 0. The van der Waals surface area contributed by atoms with Crippen molar-refractivity contribution in [3.8, 4) is 0 Å². The average Bonchev–Trinajstić information content (AvgIpc) is 3.35. The minimum atomic E-state index is -0.811. The molecule has 1 aromatic rings. The maximum atomic E-state index is 13.4. The first-order valence-corrected chi connectivity index (χ1v) is 15.8. The summed E-state index contributed by atoms with van der Waals surface area (Å²) in [6, 6.07) is 5.17. The molecular formula is C32H47N7O8. The Hall–Kier alpha value is -4.79. The van der Waals surface area contributed by atoms with Crippen LogP contribution in [0.2, 0.25) is 0 Å². The Morgan fingerprint density at radius 1 is 0.894 bits per heavy atom. The van der Waals surface area contributed by atoms with Gasteiger partial charge in [-0.05, 0) is 49.3 Å². The van der Waals surface area contributed by atoms with Crippen molar-refractivity contribution in [3.63, 3.8) is 0 Å². The Morgan fingerprint density at radius 2 is 1.57 bits per heavy atom. The zero-order chi connectivity index (χ0) is 34.8. The third-order valence-corrected chi connectivity index (χ3v) is 7.37. The summed E-state index contributed by atoms with van der Waals surface area (Å²) in [5, 5.41) is 10.6. The molecule has 15 nitrogen and oxygen atoms in total. The quantitative estimate of drug-likeness (QED) is 0.0828. The van der Waals surface area contributed by atoms with Gasteiger partial charge in [0.2, 0.25) is 11.8 Å². The van der Waals surface area contributed by atoms with Gasteiger partial charge >= 0.3 is 12.1 Å². The molecule has 2 atom stereocenters. The van der Waals surface area contributed by atoms with E-state index in [9.17, 15) is 33.6 Å². The summed E-state index contributed by atoms with van der Waals surface area (Å²) in [4.78, 5) is 86.7. The van der Waals surface area contributed by atoms with Crippen molar-refractivity contribution in [1.82, 2.24) is 20.9 Å². The van der Waals surface area contributed by atoms with Gasteiger partial charge in [-0.25, -0.2) is 9.59 Å². The van der Waals surface area contributed by atoms with Crippen LogP contribution in [0, 0.1) is 11.8 Å². The number of ether oxygens (including phenoxy) is 1. The molecule has 0 aromatic heterocycles. The van der Waals surface area contributed by atoms with Gasteiger partial charge in [-0.1, -0.05) is 32.4 Å². The summed E-state index contributed by atoms with van der Waals surface area (Å²) < 4.78 is 5.11. The van der Waals surface area contributed by atoms with E-state index in [-0.39, 0.29) is 68.4 Å². The number of carbonyl (C=O) groups excluding carboxylic acids is 7. The fraction of sp³-hybridized carbons (Fsp3) is 0.531. The zero-order valence-electron chi connectivity index (χ0n) is 27.0. The van der Waals surface area contributed by atoms with Gasteiger partial charge in [0.1, 0.15) is 6.61 Å². The minimum Gasteiger partial charge on any atom is -0.445 e. The van der Waals surface area contributed by atoms with Crippen LogP contribution in [-0.2, 0) is 35.3 Å². The van der Waals surface area contributed by atoms with Crippen LogP contribution in [0.3, 0.4) is 0 Å². The number of alkyl carbamates (subject to hydrolysis) is 1. The highest BCUT2D eigenvalue weighted by molar-refractivity contribution is 6.12. The van der Waals surface area contributed by atoms with E-state index in [0.717, 1.165) is 4.90 Å². The summed E-state index contributed by atoms with van der Waals surface area (Å²) in [6.45, 7) is 4.73. The highest BCUT2D eigenvalue weighted by Crippen LogP contribution is 2.20. The third kappa shape index (κ3) is 14.5. The fourth-order valence-corrected chi connectivity index (χ4v) is 4.81. The monoisotopic (exact) mass is 657 g/mol. The molecule has 0 saturated carbocycles. The normalized spacial score (nSPS) is 13.7. The molecule has 1 aliphatic heterocycles. The number of amides is 7. The molecule has 1 aromatic carbocycles. The Kier molecular flexibility index (Phi) is 16.6. The molecule has 1 heterocycles. The van der Waals surface area contributed by atoms with E-state index in [1.54, 1.807) is 38.1 Å². The lowest BCUT2D eigenvalue weighted by Gasteiger charge is -2.24. The number of rotatable bonds is 21. The van der Waals surface area contributed by atoms with Gasteiger partial charge < -0.3 is 37.5 Å². The van der Waals surface area contributed by atoms with Gasteiger partial charge in [0.25, 0.3) is 11.8 Å². The van der Waals surface area contributed by atoms with E-state index in [4.69, 9.17) is 16.2 Å². The lowest BCUT2D eigenvalue weighted by molar-refractivity contribution is -0.137. The Morgan fingerprint density at radius 3 is 2.19 bits per heavy atom. The number of ketones is 1. The van der Waals surface area contributed by atoms with Gasteiger partial charge in [0.15, 0.2) is 5.78 Å². The van der Waals surface area contributed by atoms with Gasteiger partial charge in [-0.15, -0.1) is 0 Å². The van der Waals surface area contributed by atoms with Crippen molar-refractivity contribution >= 4 is 47.2 Å². The first-order valence-electron chi connectivity index (χ1n) is 15.8. The molecule has 0 radical (unpaired) electrons. The Bertz CT molecular complexity index is 1260. The fourth-order valence-electron chi connectivity index (χ4n) is 4.81. The van der Waals surface area contributed by atoms with Crippen LogP contribution in [-0.4, -0.2) is 78.7 Å². The number of hydrogen-bond donors (Lipinski definition) is 6. The number of unbranched alkanes of at least 4 members (excludes halogenated alkanes) is 2. The number of nitrogens with one attached hydrogen (secondary N) is 4. The molecule has 0 bridgehead atoms. The molecule has 1 aliphatic rings. The number of carbonyl (C=O) groups is 7. The predicted molar refractivity (Wildman–Crippen MR) is 173 cm³/mol. The van der Waals surface area contributed by atoms with Crippen LogP contribution >= 0.6 is 0 Å². The molecule has 2 rings (SSSR count). The van der Waals surface area contributed by atoms with E-state index < -0.39 is 30.0 Å². The molecule has 0 fully saturated rings. The number of anilines is 1. The zero-order valence-corrected chi connectivity index (χ0v) is 27.0.